The van der Waals surface area contributed by atoms with Crippen LogP contribution in [0.25, 0.3) is 0 Å². The molecule has 8 heteroatoms. The van der Waals surface area contributed by atoms with Crippen LogP contribution in [0.5, 0.6) is 0 Å². The van der Waals surface area contributed by atoms with Gasteiger partial charge in [-0.25, -0.2) is 12.8 Å². The van der Waals surface area contributed by atoms with Crippen LogP contribution in [-0.2, 0) is 14.8 Å². The number of amides is 1. The molecule has 0 radical (unpaired) electrons. The van der Waals surface area contributed by atoms with Crippen molar-refractivity contribution in [3.8, 4) is 0 Å². The van der Waals surface area contributed by atoms with Gasteiger partial charge in [-0.2, -0.15) is 0 Å². The summed E-state index contributed by atoms with van der Waals surface area (Å²) in [5.41, 5.74) is 0.391. The maximum absolute atomic E-state index is 13.1. The first-order valence-electron chi connectivity index (χ1n) is 9.65. The second-order valence-electron chi connectivity index (χ2n) is 7.19. The molecule has 1 saturated heterocycles. The van der Waals surface area contributed by atoms with Gasteiger partial charge in [0.25, 0.3) is 15.9 Å². The zero-order valence-electron chi connectivity index (χ0n) is 16.2. The van der Waals surface area contributed by atoms with Gasteiger partial charge in [0.15, 0.2) is 0 Å². The van der Waals surface area contributed by atoms with E-state index in [4.69, 9.17) is 4.74 Å². The zero-order valence-corrected chi connectivity index (χ0v) is 17.0. The Bertz CT molecular complexity index is 941. The number of benzene rings is 2. The summed E-state index contributed by atoms with van der Waals surface area (Å²) in [6.45, 7) is 2.71. The maximum Gasteiger partial charge on any atom is 0.261 e. The van der Waals surface area contributed by atoms with E-state index in [0.29, 0.717) is 0 Å². The highest BCUT2D eigenvalue weighted by Gasteiger charge is 2.21. The molecule has 2 unspecified atom stereocenters. The number of anilines is 1. The average molecular weight is 421 g/mol. The molecule has 2 aromatic carbocycles. The number of hydrogen-bond acceptors (Lipinski definition) is 4. The molecule has 0 bridgehead atoms. The number of carbonyl (C=O) groups is 1. The summed E-state index contributed by atoms with van der Waals surface area (Å²) in [6.07, 6.45) is 4.03. The van der Waals surface area contributed by atoms with Crippen molar-refractivity contribution >= 4 is 21.6 Å². The predicted molar refractivity (Wildman–Crippen MR) is 109 cm³/mol. The minimum absolute atomic E-state index is 0.0755. The Morgan fingerprint density at radius 1 is 1.21 bits per heavy atom. The van der Waals surface area contributed by atoms with Crippen molar-refractivity contribution in [2.45, 2.75) is 49.6 Å². The first-order valence-corrected chi connectivity index (χ1v) is 11.1. The van der Waals surface area contributed by atoms with E-state index in [1.807, 2.05) is 6.92 Å². The van der Waals surface area contributed by atoms with E-state index in [0.717, 1.165) is 44.4 Å². The fraction of sp³-hybridized carbons (Fsp3) is 0.381. The van der Waals surface area contributed by atoms with Gasteiger partial charge in [-0.1, -0.05) is 12.1 Å². The molecule has 0 spiro atoms. The summed E-state index contributed by atoms with van der Waals surface area (Å²) in [5.74, 6) is -0.886. The molecule has 0 saturated carbocycles. The largest absolute Gasteiger partial charge is 0.378 e. The summed E-state index contributed by atoms with van der Waals surface area (Å²) in [5, 5.41) is 2.91. The first kappa shape index (κ1) is 21.3. The van der Waals surface area contributed by atoms with E-state index >= 15 is 0 Å². The number of ether oxygens (including phenoxy) is 1. The Morgan fingerprint density at radius 2 is 1.93 bits per heavy atom. The third-order valence-corrected chi connectivity index (χ3v) is 6.24. The Morgan fingerprint density at radius 3 is 2.62 bits per heavy atom. The smallest absolute Gasteiger partial charge is 0.261 e. The van der Waals surface area contributed by atoms with E-state index in [-0.39, 0.29) is 34.2 Å². The van der Waals surface area contributed by atoms with Crippen LogP contribution in [0.1, 0.15) is 43.0 Å². The van der Waals surface area contributed by atoms with Gasteiger partial charge in [-0.3, -0.25) is 9.52 Å². The fourth-order valence-electron chi connectivity index (χ4n) is 3.27. The normalized spacial score (nSPS) is 17.7. The van der Waals surface area contributed by atoms with Gasteiger partial charge < -0.3 is 10.1 Å². The molecule has 0 aromatic heterocycles. The molecule has 2 aromatic rings. The van der Waals surface area contributed by atoms with Gasteiger partial charge in [-0.05, 0) is 69.0 Å². The molecule has 1 heterocycles. The highest BCUT2D eigenvalue weighted by Crippen LogP contribution is 2.21. The lowest BCUT2D eigenvalue weighted by Gasteiger charge is -2.18. The SMILES string of the molecule is CC(CCC1CCCO1)NC(=O)c1ccccc1NS(=O)(=O)c1ccc(F)cc1. The molecular weight excluding hydrogens is 395 g/mol. The van der Waals surface area contributed by atoms with Crippen LogP contribution in [0.15, 0.2) is 53.4 Å². The Hall–Kier alpha value is -2.45. The summed E-state index contributed by atoms with van der Waals surface area (Å²) >= 11 is 0. The molecule has 1 aliphatic rings. The van der Waals surface area contributed by atoms with Crippen LogP contribution in [-0.4, -0.2) is 33.1 Å². The van der Waals surface area contributed by atoms with Crippen LogP contribution in [0.3, 0.4) is 0 Å². The second-order valence-corrected chi connectivity index (χ2v) is 8.87. The number of hydrogen-bond donors (Lipinski definition) is 2. The van der Waals surface area contributed by atoms with E-state index in [1.165, 1.54) is 18.2 Å². The summed E-state index contributed by atoms with van der Waals surface area (Å²) in [4.78, 5) is 12.6. The van der Waals surface area contributed by atoms with Crippen LogP contribution in [0.4, 0.5) is 10.1 Å². The van der Waals surface area contributed by atoms with Gasteiger partial charge in [0, 0.05) is 12.6 Å². The van der Waals surface area contributed by atoms with Gasteiger partial charge >= 0.3 is 0 Å². The van der Waals surface area contributed by atoms with E-state index in [1.54, 1.807) is 18.2 Å². The van der Waals surface area contributed by atoms with Crippen LogP contribution >= 0.6 is 0 Å². The van der Waals surface area contributed by atoms with Crippen molar-refractivity contribution in [2.75, 3.05) is 11.3 Å². The van der Waals surface area contributed by atoms with Crippen molar-refractivity contribution in [1.29, 1.82) is 0 Å². The number of para-hydroxylation sites is 1. The highest BCUT2D eigenvalue weighted by molar-refractivity contribution is 7.92. The minimum Gasteiger partial charge on any atom is -0.378 e. The fourth-order valence-corrected chi connectivity index (χ4v) is 4.35. The molecule has 1 aliphatic heterocycles. The van der Waals surface area contributed by atoms with Crippen LogP contribution in [0, 0.1) is 5.82 Å². The maximum atomic E-state index is 13.1. The quantitative estimate of drug-likeness (QED) is 0.682. The molecule has 2 atom stereocenters. The van der Waals surface area contributed by atoms with Crippen molar-refractivity contribution in [1.82, 2.24) is 5.32 Å². The average Bonchev–Trinajstić information content (AvgIpc) is 3.20. The molecular formula is C21H25FN2O4S. The van der Waals surface area contributed by atoms with Crippen LogP contribution < -0.4 is 10.0 Å². The molecule has 3 rings (SSSR count). The lowest BCUT2D eigenvalue weighted by atomic mass is 10.1. The van der Waals surface area contributed by atoms with Crippen LogP contribution in [0.2, 0.25) is 0 Å². The van der Waals surface area contributed by atoms with Crippen molar-refractivity contribution in [2.24, 2.45) is 0 Å². The monoisotopic (exact) mass is 420 g/mol. The van der Waals surface area contributed by atoms with E-state index < -0.39 is 15.8 Å². The standard InChI is InChI=1S/C21H25FN2O4S/c1-15(8-11-17-5-4-14-28-17)23-21(25)19-6-2-3-7-20(19)24-29(26,27)18-12-9-16(22)10-13-18/h2-3,6-7,9-10,12-13,15,17,24H,4-5,8,11,14H2,1H3,(H,23,25). The minimum atomic E-state index is -3.95. The second kappa shape index (κ2) is 9.37. The van der Waals surface area contributed by atoms with Crippen molar-refractivity contribution in [3.05, 3.63) is 59.9 Å². The summed E-state index contributed by atoms with van der Waals surface area (Å²) in [7, 11) is -3.95. The lowest BCUT2D eigenvalue weighted by Crippen LogP contribution is -2.33. The van der Waals surface area contributed by atoms with Gasteiger partial charge in [-0.15, -0.1) is 0 Å². The van der Waals surface area contributed by atoms with E-state index in [9.17, 15) is 17.6 Å². The predicted octanol–water partition coefficient (Wildman–Crippen LogP) is 3.70. The Labute approximate surface area is 170 Å². The number of rotatable bonds is 8. The topological polar surface area (TPSA) is 84.5 Å². The lowest BCUT2D eigenvalue weighted by molar-refractivity contribution is 0.0900. The summed E-state index contributed by atoms with van der Waals surface area (Å²) < 4.78 is 46.3. The number of halogens is 1. The van der Waals surface area contributed by atoms with Gasteiger partial charge in [0.2, 0.25) is 0 Å². The Balaban J connectivity index is 1.67. The van der Waals surface area contributed by atoms with Crippen molar-refractivity contribution < 1.29 is 22.3 Å². The zero-order chi connectivity index (χ0) is 20.9. The van der Waals surface area contributed by atoms with Gasteiger partial charge in [0.05, 0.1) is 22.3 Å². The Kier molecular flexibility index (Phi) is 6.87. The molecule has 6 nitrogen and oxygen atoms in total. The number of sulfonamides is 1. The molecule has 2 N–H and O–H groups in total. The van der Waals surface area contributed by atoms with E-state index in [2.05, 4.69) is 10.0 Å². The third-order valence-electron chi connectivity index (χ3n) is 4.86. The molecule has 1 fully saturated rings. The third kappa shape index (κ3) is 5.77. The first-order chi connectivity index (χ1) is 13.8. The highest BCUT2D eigenvalue weighted by atomic mass is 32.2. The number of carbonyl (C=O) groups excluding carboxylic acids is 1. The number of nitrogens with one attached hydrogen (secondary N) is 2. The molecule has 1 amide bonds. The van der Waals surface area contributed by atoms with Crippen molar-refractivity contribution in [3.63, 3.8) is 0 Å². The molecule has 29 heavy (non-hydrogen) atoms. The molecule has 156 valence electrons. The molecule has 0 aliphatic carbocycles. The summed E-state index contributed by atoms with van der Waals surface area (Å²) in [6, 6.07) is 10.8. The van der Waals surface area contributed by atoms with Gasteiger partial charge in [0.1, 0.15) is 5.82 Å².